The third-order valence-corrected chi connectivity index (χ3v) is 6.02. The Morgan fingerprint density at radius 2 is 1.76 bits per heavy atom. The standard InChI is InChI=1S/C24H30O4S/c1-16(17(2)22(25)19-9-11-21(29-5)12-10-19)13-18-7-6-8-20(14-18)28-15-24(3,4)23(26)27/h6-12,14,16-17H,13,15H2,1-5H3,(H,26,27)/t16-,17+/m0/s1. The number of hydrogen-bond acceptors (Lipinski definition) is 4. The number of hydrogen-bond donors (Lipinski definition) is 1. The zero-order valence-corrected chi connectivity index (χ0v) is 18.6. The van der Waals surface area contributed by atoms with Crippen LogP contribution in [0.3, 0.4) is 0 Å². The van der Waals surface area contributed by atoms with Gasteiger partial charge in [-0.15, -0.1) is 11.8 Å². The van der Waals surface area contributed by atoms with E-state index < -0.39 is 11.4 Å². The summed E-state index contributed by atoms with van der Waals surface area (Å²) in [5, 5.41) is 9.22. The van der Waals surface area contributed by atoms with Gasteiger partial charge in [-0.3, -0.25) is 9.59 Å². The summed E-state index contributed by atoms with van der Waals surface area (Å²) in [5.41, 5.74) is 0.867. The molecule has 0 bridgehead atoms. The van der Waals surface area contributed by atoms with Gasteiger partial charge in [0.25, 0.3) is 0 Å². The molecule has 0 radical (unpaired) electrons. The van der Waals surface area contributed by atoms with Crippen LogP contribution in [0.2, 0.25) is 0 Å². The summed E-state index contributed by atoms with van der Waals surface area (Å²) in [6.45, 7) is 7.44. The number of thioether (sulfide) groups is 1. The van der Waals surface area contributed by atoms with Crippen LogP contribution in [0.15, 0.2) is 53.4 Å². The Bertz CT molecular complexity index is 842. The highest BCUT2D eigenvalue weighted by Crippen LogP contribution is 2.25. The summed E-state index contributed by atoms with van der Waals surface area (Å²) in [7, 11) is 0. The minimum atomic E-state index is -0.948. The second-order valence-electron chi connectivity index (χ2n) is 8.19. The van der Waals surface area contributed by atoms with Gasteiger partial charge in [0, 0.05) is 16.4 Å². The Morgan fingerprint density at radius 3 is 2.34 bits per heavy atom. The first kappa shape index (κ1) is 23.0. The van der Waals surface area contributed by atoms with Gasteiger partial charge in [0.2, 0.25) is 0 Å². The van der Waals surface area contributed by atoms with Crippen molar-refractivity contribution >= 4 is 23.5 Å². The molecule has 0 unspecified atom stereocenters. The second kappa shape index (κ2) is 9.97. The van der Waals surface area contributed by atoms with Crippen molar-refractivity contribution in [1.82, 2.24) is 0 Å². The van der Waals surface area contributed by atoms with Gasteiger partial charge >= 0.3 is 5.97 Å². The smallest absolute Gasteiger partial charge is 0.312 e. The molecule has 2 atom stereocenters. The molecule has 0 aromatic heterocycles. The highest BCUT2D eigenvalue weighted by molar-refractivity contribution is 7.98. The van der Waals surface area contributed by atoms with Gasteiger partial charge in [-0.1, -0.05) is 38.1 Å². The molecule has 156 valence electrons. The first-order valence-electron chi connectivity index (χ1n) is 9.77. The van der Waals surface area contributed by atoms with E-state index in [1.165, 1.54) is 0 Å². The summed E-state index contributed by atoms with van der Waals surface area (Å²) in [6.07, 6.45) is 2.76. The molecule has 0 saturated heterocycles. The molecule has 29 heavy (non-hydrogen) atoms. The van der Waals surface area contributed by atoms with Crippen molar-refractivity contribution in [2.45, 2.75) is 39.0 Å². The normalized spacial score (nSPS) is 13.6. The fraction of sp³-hybridized carbons (Fsp3) is 0.417. The van der Waals surface area contributed by atoms with Crippen molar-refractivity contribution in [2.24, 2.45) is 17.3 Å². The predicted octanol–water partition coefficient (Wildman–Crippen LogP) is 5.60. The van der Waals surface area contributed by atoms with Gasteiger partial charge in [0.1, 0.15) is 12.4 Å². The van der Waals surface area contributed by atoms with Crippen molar-refractivity contribution in [3.05, 3.63) is 59.7 Å². The summed E-state index contributed by atoms with van der Waals surface area (Å²) >= 11 is 1.66. The van der Waals surface area contributed by atoms with Gasteiger partial charge < -0.3 is 9.84 Å². The Labute approximate surface area is 177 Å². The molecule has 0 aliphatic carbocycles. The lowest BCUT2D eigenvalue weighted by atomic mass is 9.84. The molecule has 0 saturated carbocycles. The molecule has 1 N–H and O–H groups in total. The number of carbonyl (C=O) groups is 2. The van der Waals surface area contributed by atoms with Gasteiger partial charge in [-0.25, -0.2) is 0 Å². The number of carbonyl (C=O) groups excluding carboxylic acids is 1. The molecular weight excluding hydrogens is 384 g/mol. The molecular formula is C24H30O4S. The number of rotatable bonds is 10. The van der Waals surface area contributed by atoms with E-state index in [-0.39, 0.29) is 24.2 Å². The molecule has 0 fully saturated rings. The molecule has 2 aromatic carbocycles. The van der Waals surface area contributed by atoms with Crippen LogP contribution < -0.4 is 4.74 Å². The number of carboxylic acid groups (broad SMARTS) is 1. The highest BCUT2D eigenvalue weighted by Gasteiger charge is 2.28. The molecule has 2 rings (SSSR count). The van der Waals surface area contributed by atoms with Crippen molar-refractivity contribution in [3.8, 4) is 5.75 Å². The molecule has 4 nitrogen and oxygen atoms in total. The lowest BCUT2D eigenvalue weighted by molar-refractivity contribution is -0.148. The van der Waals surface area contributed by atoms with E-state index >= 15 is 0 Å². The molecule has 0 amide bonds. The number of ketones is 1. The zero-order valence-electron chi connectivity index (χ0n) is 17.8. The van der Waals surface area contributed by atoms with Crippen LogP contribution in [0.1, 0.15) is 43.6 Å². The maximum atomic E-state index is 12.8. The van der Waals surface area contributed by atoms with Crippen molar-refractivity contribution in [3.63, 3.8) is 0 Å². The fourth-order valence-corrected chi connectivity index (χ4v) is 3.32. The molecule has 5 heteroatoms. The van der Waals surface area contributed by atoms with E-state index in [2.05, 4.69) is 6.92 Å². The van der Waals surface area contributed by atoms with E-state index in [0.29, 0.717) is 5.75 Å². The fourth-order valence-electron chi connectivity index (χ4n) is 2.91. The van der Waals surface area contributed by atoms with Gasteiger partial charge in [-0.2, -0.15) is 0 Å². The highest BCUT2D eigenvalue weighted by atomic mass is 32.2. The summed E-state index contributed by atoms with van der Waals surface area (Å²) in [4.78, 5) is 25.2. The minimum Gasteiger partial charge on any atom is -0.492 e. The Balaban J connectivity index is 2.01. The predicted molar refractivity (Wildman–Crippen MR) is 118 cm³/mol. The lowest BCUT2D eigenvalue weighted by Gasteiger charge is -2.21. The summed E-state index contributed by atoms with van der Waals surface area (Å²) < 4.78 is 5.70. The van der Waals surface area contributed by atoms with Gasteiger partial charge in [-0.05, 0) is 62.3 Å². The van der Waals surface area contributed by atoms with E-state index in [1.807, 2.05) is 61.7 Å². The van der Waals surface area contributed by atoms with Crippen LogP contribution in [-0.4, -0.2) is 29.7 Å². The second-order valence-corrected chi connectivity index (χ2v) is 9.07. The van der Waals surface area contributed by atoms with Gasteiger partial charge in [0.15, 0.2) is 5.78 Å². The number of ether oxygens (including phenoxy) is 1. The maximum absolute atomic E-state index is 12.8. The van der Waals surface area contributed by atoms with Crippen LogP contribution in [0.25, 0.3) is 0 Å². The van der Waals surface area contributed by atoms with Crippen molar-refractivity contribution in [1.29, 1.82) is 0 Å². The van der Waals surface area contributed by atoms with Crippen LogP contribution in [0.4, 0.5) is 0 Å². The quantitative estimate of drug-likeness (QED) is 0.405. The first-order valence-corrected chi connectivity index (χ1v) is 11.0. The number of aliphatic carboxylic acids is 1. The van der Waals surface area contributed by atoms with E-state index in [4.69, 9.17) is 4.74 Å². The van der Waals surface area contributed by atoms with Crippen molar-refractivity contribution < 1.29 is 19.4 Å². The first-order chi connectivity index (χ1) is 13.6. The SMILES string of the molecule is CSc1ccc(C(=O)[C@H](C)[C@@H](C)Cc2cccc(OCC(C)(C)C(=O)O)c2)cc1. The lowest BCUT2D eigenvalue weighted by Crippen LogP contribution is -2.30. The summed E-state index contributed by atoms with van der Waals surface area (Å²) in [5.74, 6) is -0.0318. The van der Waals surface area contributed by atoms with Gasteiger partial charge in [0.05, 0.1) is 5.41 Å². The number of benzene rings is 2. The number of carboxylic acids is 1. The largest absolute Gasteiger partial charge is 0.492 e. The van der Waals surface area contributed by atoms with Crippen LogP contribution in [0, 0.1) is 17.3 Å². The van der Waals surface area contributed by atoms with Crippen LogP contribution in [-0.2, 0) is 11.2 Å². The third-order valence-electron chi connectivity index (χ3n) is 5.28. The van der Waals surface area contributed by atoms with E-state index in [0.717, 1.165) is 22.4 Å². The third kappa shape index (κ3) is 6.36. The monoisotopic (exact) mass is 414 g/mol. The maximum Gasteiger partial charge on any atom is 0.312 e. The average Bonchev–Trinajstić information content (AvgIpc) is 2.71. The Morgan fingerprint density at radius 1 is 1.10 bits per heavy atom. The average molecular weight is 415 g/mol. The topological polar surface area (TPSA) is 63.6 Å². The van der Waals surface area contributed by atoms with E-state index in [1.54, 1.807) is 25.6 Å². The summed E-state index contributed by atoms with van der Waals surface area (Å²) in [6, 6.07) is 15.4. The zero-order chi connectivity index (χ0) is 21.6. The Hall–Kier alpha value is -2.27. The van der Waals surface area contributed by atoms with Crippen LogP contribution in [0.5, 0.6) is 5.75 Å². The van der Waals surface area contributed by atoms with Crippen molar-refractivity contribution in [2.75, 3.05) is 12.9 Å². The van der Waals surface area contributed by atoms with Crippen LogP contribution >= 0.6 is 11.8 Å². The molecule has 0 aliphatic heterocycles. The molecule has 2 aromatic rings. The molecule has 0 heterocycles. The number of Topliss-reactive ketones (excluding diaryl/α,β-unsaturated/α-hetero) is 1. The van der Waals surface area contributed by atoms with E-state index in [9.17, 15) is 14.7 Å². The minimum absolute atomic E-state index is 0.0995. The molecule has 0 spiro atoms. The Kier molecular flexibility index (Phi) is 7.91. The molecule has 0 aliphatic rings.